The van der Waals surface area contributed by atoms with E-state index in [-0.39, 0.29) is 10.8 Å². The SMILES string of the molecule is CCn1c(CCC(=O)Nc2cccc(C)c2C)nc2cc(S(=O)(=O)N(C)C)ccc21. The highest BCUT2D eigenvalue weighted by Gasteiger charge is 2.19. The Labute approximate surface area is 177 Å². The predicted octanol–water partition coefficient (Wildman–Crippen LogP) is 3.49. The Morgan fingerprint density at radius 1 is 1.17 bits per heavy atom. The first kappa shape index (κ1) is 22.0. The molecule has 0 aliphatic rings. The zero-order valence-corrected chi connectivity index (χ0v) is 18.9. The van der Waals surface area contributed by atoms with E-state index < -0.39 is 10.0 Å². The lowest BCUT2D eigenvalue weighted by atomic mass is 10.1. The Morgan fingerprint density at radius 2 is 1.90 bits per heavy atom. The highest BCUT2D eigenvalue weighted by atomic mass is 32.2. The van der Waals surface area contributed by atoms with E-state index in [1.165, 1.54) is 18.4 Å². The second-order valence-electron chi connectivity index (χ2n) is 7.51. The molecule has 0 bridgehead atoms. The number of imidazole rings is 1. The molecule has 0 saturated carbocycles. The third kappa shape index (κ3) is 4.24. The lowest BCUT2D eigenvalue weighted by Crippen LogP contribution is -2.22. The number of benzene rings is 2. The fourth-order valence-electron chi connectivity index (χ4n) is 3.40. The first-order valence-corrected chi connectivity index (χ1v) is 11.4. The van der Waals surface area contributed by atoms with E-state index in [4.69, 9.17) is 0 Å². The molecule has 30 heavy (non-hydrogen) atoms. The van der Waals surface area contributed by atoms with Crippen molar-refractivity contribution in [3.8, 4) is 0 Å². The van der Waals surface area contributed by atoms with Gasteiger partial charge in [0, 0.05) is 39.2 Å². The number of anilines is 1. The first-order chi connectivity index (χ1) is 14.1. The van der Waals surface area contributed by atoms with Crippen molar-refractivity contribution in [3.05, 3.63) is 53.3 Å². The number of aryl methyl sites for hydroxylation is 3. The lowest BCUT2D eigenvalue weighted by Gasteiger charge is -2.11. The Kier molecular flexibility index (Phi) is 6.28. The molecule has 3 rings (SSSR count). The van der Waals surface area contributed by atoms with E-state index in [2.05, 4.69) is 10.3 Å². The number of rotatable bonds is 7. The first-order valence-electron chi connectivity index (χ1n) is 9.93. The smallest absolute Gasteiger partial charge is 0.242 e. The number of hydrogen-bond donors (Lipinski definition) is 1. The summed E-state index contributed by atoms with van der Waals surface area (Å²) in [7, 11) is -0.518. The van der Waals surface area contributed by atoms with Gasteiger partial charge < -0.3 is 9.88 Å². The molecular weight excluding hydrogens is 400 g/mol. The molecular formula is C22H28N4O3S. The molecule has 0 saturated heterocycles. The summed E-state index contributed by atoms with van der Waals surface area (Å²) in [5, 5.41) is 2.97. The van der Waals surface area contributed by atoms with Gasteiger partial charge in [-0.3, -0.25) is 4.79 Å². The molecule has 2 aromatic carbocycles. The molecule has 1 aromatic heterocycles. The summed E-state index contributed by atoms with van der Waals surface area (Å²) in [6.07, 6.45) is 0.758. The van der Waals surface area contributed by atoms with E-state index in [9.17, 15) is 13.2 Å². The van der Waals surface area contributed by atoms with Crippen molar-refractivity contribution < 1.29 is 13.2 Å². The fraction of sp³-hybridized carbons (Fsp3) is 0.364. The molecule has 0 aliphatic heterocycles. The number of nitrogens with one attached hydrogen (secondary N) is 1. The molecule has 0 radical (unpaired) electrons. The maximum absolute atomic E-state index is 12.5. The van der Waals surface area contributed by atoms with Crippen LogP contribution in [0.25, 0.3) is 11.0 Å². The molecule has 0 unspecified atom stereocenters. The maximum atomic E-state index is 12.5. The summed E-state index contributed by atoms with van der Waals surface area (Å²) >= 11 is 0. The molecule has 0 atom stereocenters. The van der Waals surface area contributed by atoms with E-state index in [1.54, 1.807) is 18.2 Å². The summed E-state index contributed by atoms with van der Waals surface area (Å²) < 4.78 is 28.0. The molecule has 3 aromatic rings. The zero-order chi connectivity index (χ0) is 22.1. The van der Waals surface area contributed by atoms with Crippen molar-refractivity contribution in [2.75, 3.05) is 19.4 Å². The van der Waals surface area contributed by atoms with Crippen LogP contribution >= 0.6 is 0 Å². The number of sulfonamides is 1. The maximum Gasteiger partial charge on any atom is 0.242 e. The van der Waals surface area contributed by atoms with Gasteiger partial charge in [-0.25, -0.2) is 17.7 Å². The van der Waals surface area contributed by atoms with Crippen LogP contribution in [0.3, 0.4) is 0 Å². The molecule has 160 valence electrons. The zero-order valence-electron chi connectivity index (χ0n) is 18.1. The average Bonchev–Trinajstić information content (AvgIpc) is 3.06. The molecule has 0 spiro atoms. The summed E-state index contributed by atoms with van der Waals surface area (Å²) in [5.41, 5.74) is 4.48. The number of amides is 1. The van der Waals surface area contributed by atoms with Crippen LogP contribution in [0.1, 0.15) is 30.3 Å². The Hall–Kier alpha value is -2.71. The fourth-order valence-corrected chi connectivity index (χ4v) is 4.32. The van der Waals surface area contributed by atoms with E-state index >= 15 is 0 Å². The summed E-state index contributed by atoms with van der Waals surface area (Å²) in [5.74, 6) is 0.692. The van der Waals surface area contributed by atoms with Gasteiger partial charge in [-0.1, -0.05) is 12.1 Å². The van der Waals surface area contributed by atoms with Crippen molar-refractivity contribution in [1.82, 2.24) is 13.9 Å². The van der Waals surface area contributed by atoms with Crippen LogP contribution in [0, 0.1) is 13.8 Å². The van der Waals surface area contributed by atoms with Crippen LogP contribution < -0.4 is 5.32 Å². The van der Waals surface area contributed by atoms with Gasteiger partial charge in [0.1, 0.15) is 5.82 Å². The third-order valence-electron chi connectivity index (χ3n) is 5.35. The molecule has 8 heteroatoms. The average molecular weight is 429 g/mol. The summed E-state index contributed by atoms with van der Waals surface area (Å²) in [4.78, 5) is 17.3. The minimum absolute atomic E-state index is 0.0747. The normalized spacial score (nSPS) is 11.9. The second-order valence-corrected chi connectivity index (χ2v) is 9.66. The Balaban J connectivity index is 1.82. The van der Waals surface area contributed by atoms with Gasteiger partial charge >= 0.3 is 0 Å². The molecule has 0 fully saturated rings. The number of carbonyl (C=O) groups is 1. The van der Waals surface area contributed by atoms with Gasteiger partial charge in [-0.05, 0) is 56.2 Å². The monoisotopic (exact) mass is 428 g/mol. The highest BCUT2D eigenvalue weighted by Crippen LogP contribution is 2.23. The lowest BCUT2D eigenvalue weighted by molar-refractivity contribution is -0.116. The molecule has 7 nitrogen and oxygen atoms in total. The molecule has 1 N–H and O–H groups in total. The van der Waals surface area contributed by atoms with Crippen LogP contribution in [-0.2, 0) is 27.8 Å². The van der Waals surface area contributed by atoms with Crippen LogP contribution in [0.2, 0.25) is 0 Å². The topological polar surface area (TPSA) is 84.3 Å². The van der Waals surface area contributed by atoms with Gasteiger partial charge in [0.05, 0.1) is 15.9 Å². The van der Waals surface area contributed by atoms with Gasteiger partial charge in [0.15, 0.2) is 0 Å². The quantitative estimate of drug-likeness (QED) is 0.624. The summed E-state index contributed by atoms with van der Waals surface area (Å²) in [6, 6.07) is 10.8. The van der Waals surface area contributed by atoms with Crippen molar-refractivity contribution in [3.63, 3.8) is 0 Å². The van der Waals surface area contributed by atoms with E-state index in [1.807, 2.05) is 43.5 Å². The summed E-state index contributed by atoms with van der Waals surface area (Å²) in [6.45, 7) is 6.69. The number of fused-ring (bicyclic) bond motifs is 1. The molecule has 1 heterocycles. The van der Waals surface area contributed by atoms with Gasteiger partial charge in [-0.15, -0.1) is 0 Å². The van der Waals surface area contributed by atoms with Crippen molar-refractivity contribution >= 4 is 32.7 Å². The standard InChI is InChI=1S/C22H28N4O3S/c1-6-26-20-11-10-17(30(28,29)25(4)5)14-19(20)23-21(26)12-13-22(27)24-18-9-7-8-15(2)16(18)3/h7-11,14H,6,12-13H2,1-5H3,(H,24,27). The predicted molar refractivity (Wildman–Crippen MR) is 119 cm³/mol. The van der Waals surface area contributed by atoms with Crippen LogP contribution in [-0.4, -0.2) is 42.3 Å². The number of nitrogens with zero attached hydrogens (tertiary/aromatic N) is 3. The van der Waals surface area contributed by atoms with Gasteiger partial charge in [0.2, 0.25) is 15.9 Å². The second kappa shape index (κ2) is 8.57. The van der Waals surface area contributed by atoms with Crippen LogP contribution in [0.5, 0.6) is 0 Å². The minimum Gasteiger partial charge on any atom is -0.328 e. The van der Waals surface area contributed by atoms with E-state index in [0.29, 0.717) is 24.9 Å². The molecule has 1 amide bonds. The highest BCUT2D eigenvalue weighted by molar-refractivity contribution is 7.89. The largest absolute Gasteiger partial charge is 0.328 e. The van der Waals surface area contributed by atoms with Gasteiger partial charge in [-0.2, -0.15) is 0 Å². The van der Waals surface area contributed by atoms with Crippen LogP contribution in [0.15, 0.2) is 41.3 Å². The van der Waals surface area contributed by atoms with E-state index in [0.717, 1.165) is 28.2 Å². The van der Waals surface area contributed by atoms with Crippen LogP contribution in [0.4, 0.5) is 5.69 Å². The van der Waals surface area contributed by atoms with Crippen molar-refractivity contribution in [1.29, 1.82) is 0 Å². The number of hydrogen-bond acceptors (Lipinski definition) is 4. The Bertz CT molecular complexity index is 1200. The third-order valence-corrected chi connectivity index (χ3v) is 7.16. The molecule has 0 aliphatic carbocycles. The van der Waals surface area contributed by atoms with Crippen molar-refractivity contribution in [2.24, 2.45) is 0 Å². The Morgan fingerprint density at radius 3 is 2.57 bits per heavy atom. The van der Waals surface area contributed by atoms with Gasteiger partial charge in [0.25, 0.3) is 0 Å². The number of aromatic nitrogens is 2. The minimum atomic E-state index is -3.53. The number of carbonyl (C=O) groups excluding carboxylic acids is 1. The van der Waals surface area contributed by atoms with Crippen molar-refractivity contribution in [2.45, 2.75) is 45.1 Å².